The molecule has 2 aromatic carbocycles. The van der Waals surface area contributed by atoms with Crippen molar-refractivity contribution in [1.82, 2.24) is 19.1 Å². The van der Waals surface area contributed by atoms with Crippen LogP contribution in [-0.4, -0.2) is 42.4 Å². The Balaban J connectivity index is 0.000000146. The second-order valence-corrected chi connectivity index (χ2v) is 13.6. The molecule has 2 aliphatic carbocycles. The number of aliphatic hydroxyl groups is 1. The Morgan fingerprint density at radius 3 is 1.78 bits per heavy atom. The van der Waals surface area contributed by atoms with E-state index in [4.69, 9.17) is 4.74 Å². The Morgan fingerprint density at radius 2 is 1.24 bits per heavy atom. The van der Waals surface area contributed by atoms with Crippen LogP contribution in [0.2, 0.25) is 0 Å². The maximum absolute atomic E-state index is 11.7. The van der Waals surface area contributed by atoms with Crippen LogP contribution in [0.3, 0.4) is 0 Å². The summed E-state index contributed by atoms with van der Waals surface area (Å²) in [6.45, 7) is 1.53. The summed E-state index contributed by atoms with van der Waals surface area (Å²) < 4.78 is 10.3. The van der Waals surface area contributed by atoms with Crippen molar-refractivity contribution >= 4 is 5.97 Å². The zero-order valence-corrected chi connectivity index (χ0v) is 26.4. The van der Waals surface area contributed by atoms with Gasteiger partial charge in [0.05, 0.1) is 54.6 Å². The van der Waals surface area contributed by atoms with Gasteiger partial charge in [-0.15, -0.1) is 0 Å². The second kappa shape index (κ2) is 13.3. The lowest BCUT2D eigenvalue weighted by atomic mass is 9.82. The third kappa shape index (κ3) is 6.11. The minimum absolute atomic E-state index is 0.00536. The number of benzene rings is 2. The van der Waals surface area contributed by atoms with Gasteiger partial charge in [0.25, 0.3) is 0 Å². The Morgan fingerprint density at radius 1 is 0.756 bits per heavy atom. The van der Waals surface area contributed by atoms with E-state index in [2.05, 4.69) is 67.6 Å². The molecule has 0 bridgehead atoms. The fraction of sp³-hybridized carbons (Fsp3) is 0.500. The molecule has 236 valence electrons. The molecular weight excluding hydrogens is 560 g/mol. The molecule has 0 radical (unpaired) electrons. The van der Waals surface area contributed by atoms with Crippen molar-refractivity contribution in [3.05, 3.63) is 84.7 Å². The molecule has 2 aliphatic heterocycles. The van der Waals surface area contributed by atoms with Gasteiger partial charge in [0, 0.05) is 24.5 Å². The summed E-state index contributed by atoms with van der Waals surface area (Å²) in [5.74, 6) is 0.809. The summed E-state index contributed by atoms with van der Waals surface area (Å²) in [7, 11) is 0. The molecule has 4 aromatic rings. The van der Waals surface area contributed by atoms with Crippen molar-refractivity contribution in [2.75, 3.05) is 0 Å². The molecule has 4 aliphatic rings. The van der Waals surface area contributed by atoms with Crippen LogP contribution in [0.15, 0.2) is 73.6 Å². The molecule has 4 heterocycles. The average Bonchev–Trinajstić information content (AvgIpc) is 3.86. The van der Waals surface area contributed by atoms with Gasteiger partial charge in [-0.25, -0.2) is 9.97 Å². The lowest BCUT2D eigenvalue weighted by Gasteiger charge is -2.32. The van der Waals surface area contributed by atoms with E-state index in [1.165, 1.54) is 105 Å². The number of aromatic nitrogens is 4. The predicted molar refractivity (Wildman–Crippen MR) is 176 cm³/mol. The van der Waals surface area contributed by atoms with Crippen LogP contribution in [-0.2, 0) is 9.53 Å². The number of fused-ring (bicyclic) bond motifs is 6. The van der Waals surface area contributed by atoms with E-state index in [-0.39, 0.29) is 30.3 Å². The highest BCUT2D eigenvalue weighted by atomic mass is 16.5. The molecule has 4 atom stereocenters. The largest absolute Gasteiger partial charge is 0.462 e. The molecule has 7 nitrogen and oxygen atoms in total. The van der Waals surface area contributed by atoms with Crippen LogP contribution in [0.5, 0.6) is 0 Å². The van der Waals surface area contributed by atoms with Crippen LogP contribution in [0.4, 0.5) is 0 Å². The first-order valence-electron chi connectivity index (χ1n) is 17.2. The number of carbonyl (C=O) groups is 1. The monoisotopic (exact) mass is 606 g/mol. The lowest BCUT2D eigenvalue weighted by molar-refractivity contribution is -0.150. The maximum atomic E-state index is 11.7. The van der Waals surface area contributed by atoms with Gasteiger partial charge in [-0.3, -0.25) is 4.79 Å². The van der Waals surface area contributed by atoms with Gasteiger partial charge in [0.15, 0.2) is 0 Å². The zero-order valence-electron chi connectivity index (χ0n) is 26.4. The highest BCUT2D eigenvalue weighted by Crippen LogP contribution is 2.44. The molecule has 2 fully saturated rings. The average molecular weight is 607 g/mol. The van der Waals surface area contributed by atoms with E-state index in [0.717, 1.165) is 12.8 Å². The van der Waals surface area contributed by atoms with Crippen LogP contribution >= 0.6 is 0 Å². The van der Waals surface area contributed by atoms with Gasteiger partial charge in [0.1, 0.15) is 6.10 Å². The second-order valence-electron chi connectivity index (χ2n) is 13.6. The lowest BCUT2D eigenvalue weighted by Crippen LogP contribution is -2.30. The Kier molecular flexibility index (Phi) is 8.88. The third-order valence-corrected chi connectivity index (χ3v) is 10.8. The molecule has 2 aromatic heterocycles. The Labute approximate surface area is 266 Å². The summed E-state index contributed by atoms with van der Waals surface area (Å²) in [4.78, 5) is 20.3. The van der Waals surface area contributed by atoms with Crippen LogP contribution < -0.4 is 0 Å². The summed E-state index contributed by atoms with van der Waals surface area (Å²) in [6, 6.07) is 17.5. The first-order chi connectivity index (χ1) is 22.1. The van der Waals surface area contributed by atoms with Crippen molar-refractivity contribution in [1.29, 1.82) is 0 Å². The molecule has 4 unspecified atom stereocenters. The number of carbonyl (C=O) groups excluding carboxylic acids is 1. The predicted octanol–water partition coefficient (Wildman–Crippen LogP) is 8.14. The minimum Gasteiger partial charge on any atom is -0.462 e. The topological polar surface area (TPSA) is 82.2 Å². The quantitative estimate of drug-likeness (QED) is 0.215. The first-order valence-corrected chi connectivity index (χ1v) is 17.2. The number of esters is 1. The fourth-order valence-electron chi connectivity index (χ4n) is 8.56. The molecule has 45 heavy (non-hydrogen) atoms. The van der Waals surface area contributed by atoms with E-state index in [9.17, 15) is 9.90 Å². The number of nitrogens with zero attached hydrogens (tertiary/aromatic N) is 4. The Bertz CT molecular complexity index is 1600. The molecule has 8 rings (SSSR count). The maximum Gasteiger partial charge on any atom is 0.302 e. The normalized spacial score (nSPS) is 21.9. The van der Waals surface area contributed by atoms with Gasteiger partial charge in [-0.1, -0.05) is 87.1 Å². The minimum atomic E-state index is -0.197. The van der Waals surface area contributed by atoms with E-state index in [1.54, 1.807) is 0 Å². The summed E-state index contributed by atoms with van der Waals surface area (Å²) in [5.41, 5.74) is 7.54. The van der Waals surface area contributed by atoms with Gasteiger partial charge >= 0.3 is 5.97 Å². The van der Waals surface area contributed by atoms with Crippen LogP contribution in [0.25, 0.3) is 22.5 Å². The highest BCUT2D eigenvalue weighted by molar-refractivity contribution is 5.70. The van der Waals surface area contributed by atoms with Gasteiger partial charge < -0.3 is 19.0 Å². The summed E-state index contributed by atoms with van der Waals surface area (Å²) >= 11 is 0. The van der Waals surface area contributed by atoms with E-state index in [1.807, 2.05) is 25.0 Å². The molecule has 2 saturated carbocycles. The zero-order chi connectivity index (χ0) is 30.8. The van der Waals surface area contributed by atoms with E-state index < -0.39 is 0 Å². The van der Waals surface area contributed by atoms with Crippen molar-refractivity contribution in [2.45, 2.75) is 108 Å². The summed E-state index contributed by atoms with van der Waals surface area (Å²) in [6.07, 6.45) is 21.5. The van der Waals surface area contributed by atoms with Gasteiger partial charge in [0.2, 0.25) is 0 Å². The molecule has 0 saturated heterocycles. The van der Waals surface area contributed by atoms with Gasteiger partial charge in [-0.2, -0.15) is 0 Å². The molecule has 7 heteroatoms. The van der Waals surface area contributed by atoms with Crippen LogP contribution in [0.1, 0.15) is 107 Å². The number of rotatable bonds is 7. The molecular formula is C38H46N4O3. The molecule has 0 spiro atoms. The summed E-state index contributed by atoms with van der Waals surface area (Å²) in [5, 5.41) is 10.7. The van der Waals surface area contributed by atoms with E-state index >= 15 is 0 Å². The third-order valence-electron chi connectivity index (χ3n) is 10.8. The molecule has 1 N–H and O–H groups in total. The van der Waals surface area contributed by atoms with Crippen molar-refractivity contribution in [3.8, 4) is 22.5 Å². The highest BCUT2D eigenvalue weighted by Gasteiger charge is 2.35. The number of hydrogen-bond acceptors (Lipinski definition) is 5. The van der Waals surface area contributed by atoms with Crippen molar-refractivity contribution < 1.29 is 14.6 Å². The van der Waals surface area contributed by atoms with Crippen molar-refractivity contribution in [3.63, 3.8) is 0 Å². The number of aliphatic hydroxyl groups excluding tert-OH is 1. The number of imidazole rings is 2. The number of hydrogen-bond donors (Lipinski definition) is 1. The SMILES string of the molecule is CC(=O)OC(CC1c2ccccc2-c2cncn21)C1CCCCC1.OC(CC1c2ccccc2-c2cncn21)C1CCCCC1. The standard InChI is InChI=1S/C20H24N2O2.C18H22N2O/c1-14(23)24-20(15-7-3-2-4-8-15)11-18-16-9-5-6-10-17(16)19-12-21-13-22(18)19;21-18(13-6-2-1-3-7-13)10-16-14-8-4-5-9-15(14)17-11-19-12-20(16)17/h5-6,9-10,12-13,15,18,20H,2-4,7-8,11H2,1H3;4-5,8-9,11-13,16,18,21H,1-3,6-7,10H2. The Hall–Kier alpha value is -3.71. The van der Waals surface area contributed by atoms with Crippen molar-refractivity contribution in [2.24, 2.45) is 11.8 Å². The first kappa shape index (κ1) is 30.0. The fourth-order valence-corrected chi connectivity index (χ4v) is 8.56. The smallest absolute Gasteiger partial charge is 0.302 e. The number of ether oxygens (including phenoxy) is 1. The molecule has 0 amide bonds. The van der Waals surface area contributed by atoms with E-state index in [0.29, 0.717) is 11.8 Å². The van der Waals surface area contributed by atoms with Gasteiger partial charge in [-0.05, 0) is 55.1 Å². The van der Waals surface area contributed by atoms with Crippen LogP contribution in [0, 0.1) is 11.8 Å².